The third-order valence-electron chi connectivity index (χ3n) is 3.03. The van der Waals surface area contributed by atoms with Gasteiger partial charge in [0.1, 0.15) is 17.4 Å². The van der Waals surface area contributed by atoms with Crippen molar-refractivity contribution in [1.82, 2.24) is 15.5 Å². The van der Waals surface area contributed by atoms with E-state index in [1.54, 1.807) is 24.3 Å². The number of nitrogens with one attached hydrogen (secondary N) is 2. The second-order valence-corrected chi connectivity index (χ2v) is 6.30. The number of hydrogen-bond donors (Lipinski definition) is 2. The number of hydrogen-bond acceptors (Lipinski definition) is 7. The molecule has 0 fully saturated rings. The van der Waals surface area contributed by atoms with Crippen molar-refractivity contribution in [3.05, 3.63) is 34.8 Å². The summed E-state index contributed by atoms with van der Waals surface area (Å²) in [6.45, 7) is 5.58. The van der Waals surface area contributed by atoms with E-state index >= 15 is 0 Å². The molecule has 1 heterocycles. The lowest BCUT2D eigenvalue weighted by Crippen LogP contribution is -2.34. The lowest BCUT2D eigenvalue weighted by molar-refractivity contribution is 0.0977. The molecule has 2 aromatic rings. The van der Waals surface area contributed by atoms with Crippen LogP contribution in [-0.4, -0.2) is 41.0 Å². The topological polar surface area (TPSA) is 85.4 Å². The Hall–Kier alpha value is -2.10. The third-order valence-corrected chi connectivity index (χ3v) is 4.22. The highest BCUT2D eigenvalue weighted by atomic mass is 32.1. The molecule has 0 spiro atoms. The van der Waals surface area contributed by atoms with Crippen LogP contribution in [0.25, 0.3) is 0 Å². The summed E-state index contributed by atoms with van der Waals surface area (Å²) in [6, 6.07) is 6.81. The van der Waals surface area contributed by atoms with E-state index in [2.05, 4.69) is 20.8 Å². The molecular formula is C16H20N4O3S2. The molecule has 0 aliphatic rings. The quantitative estimate of drug-likeness (QED) is 0.538. The maximum atomic E-state index is 12.2. The summed E-state index contributed by atoms with van der Waals surface area (Å²) in [5.74, 6) is 0.372. The van der Waals surface area contributed by atoms with Crippen LogP contribution in [0.5, 0.6) is 5.75 Å². The molecule has 0 aliphatic heterocycles. The number of carbonyl (C=O) groups excluding carboxylic acids is 1. The van der Waals surface area contributed by atoms with E-state index in [4.69, 9.17) is 21.7 Å². The maximum Gasteiger partial charge on any atom is 0.257 e. The molecule has 1 aromatic heterocycles. The first-order chi connectivity index (χ1) is 12.1. The van der Waals surface area contributed by atoms with Crippen molar-refractivity contribution in [2.24, 2.45) is 0 Å². The van der Waals surface area contributed by atoms with E-state index in [0.717, 1.165) is 11.4 Å². The summed E-state index contributed by atoms with van der Waals surface area (Å²) in [4.78, 5) is 12.2. The fourth-order valence-electron chi connectivity index (χ4n) is 1.82. The van der Waals surface area contributed by atoms with Crippen molar-refractivity contribution in [2.75, 3.05) is 25.1 Å². The fraction of sp³-hybridized carbons (Fsp3) is 0.375. The van der Waals surface area contributed by atoms with E-state index in [1.165, 1.54) is 11.3 Å². The largest absolute Gasteiger partial charge is 0.491 e. The molecule has 0 radical (unpaired) electrons. The number of aromatic nitrogens is 2. The number of amides is 1. The average Bonchev–Trinajstić information content (AvgIpc) is 3.06. The molecule has 0 saturated heterocycles. The van der Waals surface area contributed by atoms with Gasteiger partial charge in [0.15, 0.2) is 5.11 Å². The number of rotatable bonds is 8. The van der Waals surface area contributed by atoms with Crippen LogP contribution in [0.2, 0.25) is 0 Å². The smallest absolute Gasteiger partial charge is 0.257 e. The molecule has 2 rings (SSSR count). The third kappa shape index (κ3) is 6.37. The van der Waals surface area contributed by atoms with Gasteiger partial charge in [-0.1, -0.05) is 18.3 Å². The minimum atomic E-state index is -0.307. The normalized spacial score (nSPS) is 10.3. The van der Waals surface area contributed by atoms with Gasteiger partial charge in [-0.15, -0.1) is 10.2 Å². The minimum Gasteiger partial charge on any atom is -0.491 e. The first-order valence-corrected chi connectivity index (χ1v) is 9.10. The summed E-state index contributed by atoms with van der Waals surface area (Å²) < 4.78 is 10.7. The SMILES string of the molecule is CCOCCOc1ccc(C(=O)NC(=S)Nc2nnc(CC)s2)cc1. The minimum absolute atomic E-state index is 0.181. The number of thiocarbonyl (C=S) groups is 1. The molecule has 25 heavy (non-hydrogen) atoms. The molecule has 1 aromatic carbocycles. The Morgan fingerprint density at radius 1 is 1.20 bits per heavy atom. The number of benzene rings is 1. The summed E-state index contributed by atoms with van der Waals surface area (Å²) in [5.41, 5.74) is 0.479. The van der Waals surface area contributed by atoms with E-state index in [0.29, 0.717) is 36.3 Å². The number of ether oxygens (including phenoxy) is 2. The monoisotopic (exact) mass is 380 g/mol. The highest BCUT2D eigenvalue weighted by Crippen LogP contribution is 2.15. The van der Waals surface area contributed by atoms with Crippen LogP contribution in [-0.2, 0) is 11.2 Å². The van der Waals surface area contributed by atoms with E-state index in [1.807, 2.05) is 13.8 Å². The molecule has 0 aliphatic carbocycles. The predicted octanol–water partition coefficient (Wildman–Crippen LogP) is 2.64. The highest BCUT2D eigenvalue weighted by Gasteiger charge is 2.10. The molecule has 134 valence electrons. The molecule has 0 unspecified atom stereocenters. The van der Waals surface area contributed by atoms with Crippen molar-refractivity contribution in [1.29, 1.82) is 0 Å². The van der Waals surface area contributed by atoms with Gasteiger partial charge in [0.25, 0.3) is 5.91 Å². The van der Waals surface area contributed by atoms with Crippen molar-refractivity contribution in [3.63, 3.8) is 0 Å². The van der Waals surface area contributed by atoms with Crippen molar-refractivity contribution < 1.29 is 14.3 Å². The highest BCUT2D eigenvalue weighted by molar-refractivity contribution is 7.80. The van der Waals surface area contributed by atoms with Gasteiger partial charge < -0.3 is 14.8 Å². The zero-order chi connectivity index (χ0) is 18.1. The van der Waals surface area contributed by atoms with Gasteiger partial charge >= 0.3 is 0 Å². The lowest BCUT2D eigenvalue weighted by atomic mass is 10.2. The van der Waals surface area contributed by atoms with Crippen LogP contribution in [0.3, 0.4) is 0 Å². The zero-order valence-corrected chi connectivity index (χ0v) is 15.7. The molecule has 0 atom stereocenters. The fourth-order valence-corrected chi connectivity index (χ4v) is 2.75. The molecule has 9 heteroatoms. The van der Waals surface area contributed by atoms with Crippen LogP contribution in [0.15, 0.2) is 24.3 Å². The maximum absolute atomic E-state index is 12.2. The first kappa shape index (κ1) is 19.2. The second-order valence-electron chi connectivity index (χ2n) is 4.83. The van der Waals surface area contributed by atoms with E-state index < -0.39 is 0 Å². The summed E-state index contributed by atoms with van der Waals surface area (Å²) in [5, 5.41) is 15.0. The van der Waals surface area contributed by atoms with Gasteiger partial charge in [-0.2, -0.15) is 0 Å². The molecule has 7 nitrogen and oxygen atoms in total. The van der Waals surface area contributed by atoms with Crippen LogP contribution < -0.4 is 15.4 Å². The second kappa shape index (κ2) is 10.0. The Kier molecular flexibility index (Phi) is 7.71. The Bertz CT molecular complexity index is 704. The number of anilines is 1. The van der Waals surface area contributed by atoms with Gasteiger partial charge in [-0.3, -0.25) is 10.1 Å². The molecule has 0 saturated carbocycles. The Labute approximate surface area is 155 Å². The van der Waals surface area contributed by atoms with Crippen molar-refractivity contribution in [2.45, 2.75) is 20.3 Å². The Morgan fingerprint density at radius 2 is 1.96 bits per heavy atom. The molecule has 0 bridgehead atoms. The summed E-state index contributed by atoms with van der Waals surface area (Å²) >= 11 is 6.52. The molecular weight excluding hydrogens is 360 g/mol. The van der Waals surface area contributed by atoms with E-state index in [9.17, 15) is 4.79 Å². The average molecular weight is 380 g/mol. The van der Waals surface area contributed by atoms with Gasteiger partial charge in [-0.25, -0.2) is 0 Å². The predicted molar refractivity (Wildman–Crippen MR) is 101 cm³/mol. The Balaban J connectivity index is 1.82. The summed E-state index contributed by atoms with van der Waals surface area (Å²) in [6.07, 6.45) is 0.803. The number of carbonyl (C=O) groups is 1. The van der Waals surface area contributed by atoms with Crippen LogP contribution in [0, 0.1) is 0 Å². The van der Waals surface area contributed by atoms with Crippen molar-refractivity contribution >= 4 is 39.7 Å². The Morgan fingerprint density at radius 3 is 2.60 bits per heavy atom. The van der Waals surface area contributed by atoms with Crippen LogP contribution in [0.4, 0.5) is 5.13 Å². The van der Waals surface area contributed by atoms with Crippen LogP contribution >= 0.6 is 23.6 Å². The standard InChI is InChI=1S/C16H20N4O3S2/c1-3-13-19-20-16(25-13)18-15(24)17-14(21)11-5-7-12(8-6-11)23-10-9-22-4-2/h5-8H,3-4,9-10H2,1-2H3,(H2,17,18,20,21,24). The van der Waals surface area contributed by atoms with Gasteiger partial charge in [-0.05, 0) is 49.8 Å². The molecule has 1 amide bonds. The van der Waals surface area contributed by atoms with E-state index in [-0.39, 0.29) is 11.0 Å². The summed E-state index contributed by atoms with van der Waals surface area (Å²) in [7, 11) is 0. The zero-order valence-electron chi connectivity index (χ0n) is 14.1. The number of nitrogens with zero attached hydrogens (tertiary/aromatic N) is 2. The first-order valence-electron chi connectivity index (χ1n) is 7.87. The van der Waals surface area contributed by atoms with Gasteiger partial charge in [0.05, 0.1) is 6.61 Å². The van der Waals surface area contributed by atoms with Crippen LogP contribution in [0.1, 0.15) is 29.2 Å². The van der Waals surface area contributed by atoms with Gasteiger partial charge in [0, 0.05) is 12.2 Å². The lowest BCUT2D eigenvalue weighted by Gasteiger charge is -2.08. The van der Waals surface area contributed by atoms with Gasteiger partial charge in [0.2, 0.25) is 5.13 Å². The number of aryl methyl sites for hydroxylation is 1. The van der Waals surface area contributed by atoms with Crippen molar-refractivity contribution in [3.8, 4) is 5.75 Å². The molecule has 2 N–H and O–H groups in total.